The third-order valence-corrected chi connectivity index (χ3v) is 6.67. The minimum Gasteiger partial charge on any atom is -0.359 e. The Morgan fingerprint density at radius 2 is 1.70 bits per heavy atom. The number of carbonyl (C=O) groups excluding carboxylic acids is 1. The van der Waals surface area contributed by atoms with Gasteiger partial charge in [-0.05, 0) is 29.0 Å². The van der Waals surface area contributed by atoms with Gasteiger partial charge in [-0.2, -0.15) is 0 Å². The molecule has 1 fully saturated rings. The van der Waals surface area contributed by atoms with Crippen LogP contribution in [0.3, 0.4) is 0 Å². The van der Waals surface area contributed by atoms with E-state index in [4.69, 9.17) is 0 Å². The highest BCUT2D eigenvalue weighted by atomic mass is 32.1. The number of amides is 1. The van der Waals surface area contributed by atoms with E-state index in [0.717, 1.165) is 36.6 Å². The van der Waals surface area contributed by atoms with E-state index in [1.807, 2.05) is 6.20 Å². The number of hydrogen-bond acceptors (Lipinski definition) is 4. The summed E-state index contributed by atoms with van der Waals surface area (Å²) in [4.78, 5) is 19.8. The highest BCUT2D eigenvalue weighted by Crippen LogP contribution is 2.32. The number of nitrogens with zero attached hydrogens (tertiary/aromatic N) is 2. The van der Waals surface area contributed by atoms with Crippen LogP contribution in [0.25, 0.3) is 21.0 Å². The normalized spacial score (nSPS) is 14.7. The summed E-state index contributed by atoms with van der Waals surface area (Å²) < 4.78 is 0. The Kier molecular flexibility index (Phi) is 6.30. The number of nitrogens with one attached hydrogen (secondary N) is 1. The zero-order valence-electron chi connectivity index (χ0n) is 17.9. The van der Waals surface area contributed by atoms with E-state index in [1.165, 1.54) is 21.6 Å². The maximum absolute atomic E-state index is 11.6. The van der Waals surface area contributed by atoms with Crippen molar-refractivity contribution in [1.29, 1.82) is 0 Å². The Morgan fingerprint density at radius 3 is 2.33 bits per heavy atom. The van der Waals surface area contributed by atoms with Crippen LogP contribution in [0.15, 0.2) is 54.7 Å². The number of benzene rings is 2. The van der Waals surface area contributed by atoms with Crippen LogP contribution in [0.5, 0.6) is 0 Å². The zero-order valence-corrected chi connectivity index (χ0v) is 18.7. The van der Waals surface area contributed by atoms with Crippen molar-refractivity contribution in [3.63, 3.8) is 0 Å². The number of hydrogen-bond donors (Lipinski definition) is 1. The molecule has 0 radical (unpaired) electrons. The molecule has 1 aliphatic rings. The Balaban J connectivity index is 1.37. The van der Waals surface area contributed by atoms with E-state index < -0.39 is 0 Å². The van der Waals surface area contributed by atoms with Crippen LogP contribution in [0, 0.1) is 11.8 Å². The summed E-state index contributed by atoms with van der Waals surface area (Å²) in [6.07, 6.45) is 3.09. The van der Waals surface area contributed by atoms with Crippen molar-refractivity contribution < 1.29 is 4.79 Å². The van der Waals surface area contributed by atoms with Gasteiger partial charge >= 0.3 is 0 Å². The lowest BCUT2D eigenvalue weighted by Crippen LogP contribution is -2.52. The molecule has 0 atom stereocenters. The molecule has 3 aromatic rings. The standard InChI is InChI=1S/C25H29N3OS/c1-17(2)12-18-4-8-20(9-5-18)23-13-27-25(30-23)21-10-6-19(7-11-21)14-28-15-22(16-28)24(29)26-3/h4-11,13,17,22H,12,14-16H2,1-3H3,(H,26,29). The molecule has 1 aliphatic heterocycles. The van der Waals surface area contributed by atoms with Gasteiger partial charge in [0.2, 0.25) is 5.91 Å². The third-order valence-electron chi connectivity index (χ3n) is 5.57. The molecule has 0 spiro atoms. The Hall–Kier alpha value is -2.50. The second-order valence-corrected chi connectivity index (χ2v) is 9.56. The zero-order chi connectivity index (χ0) is 21.1. The molecule has 0 unspecified atom stereocenters. The van der Waals surface area contributed by atoms with E-state index in [1.54, 1.807) is 18.4 Å². The molecule has 2 aromatic carbocycles. The topological polar surface area (TPSA) is 45.2 Å². The van der Waals surface area contributed by atoms with Crippen molar-refractivity contribution in [1.82, 2.24) is 15.2 Å². The molecule has 4 rings (SSSR count). The average molecular weight is 420 g/mol. The Labute approximate surface area is 183 Å². The van der Waals surface area contributed by atoms with E-state index in [2.05, 4.69) is 77.6 Å². The summed E-state index contributed by atoms with van der Waals surface area (Å²) in [5, 5.41) is 3.78. The fraction of sp³-hybridized carbons (Fsp3) is 0.360. The van der Waals surface area contributed by atoms with Gasteiger partial charge in [0.05, 0.1) is 10.8 Å². The maximum atomic E-state index is 11.6. The van der Waals surface area contributed by atoms with Crippen LogP contribution in [-0.2, 0) is 17.8 Å². The molecule has 1 N–H and O–H groups in total. The van der Waals surface area contributed by atoms with Crippen molar-refractivity contribution in [2.45, 2.75) is 26.8 Å². The fourth-order valence-corrected chi connectivity index (χ4v) is 4.82. The van der Waals surface area contributed by atoms with Crippen LogP contribution in [0.4, 0.5) is 0 Å². The molecule has 1 amide bonds. The van der Waals surface area contributed by atoms with Gasteiger partial charge in [-0.15, -0.1) is 11.3 Å². The van der Waals surface area contributed by atoms with Gasteiger partial charge in [0.1, 0.15) is 5.01 Å². The Bertz CT molecular complexity index is 986. The first-order valence-electron chi connectivity index (χ1n) is 10.6. The van der Waals surface area contributed by atoms with Crippen molar-refractivity contribution in [3.8, 4) is 21.0 Å². The highest BCUT2D eigenvalue weighted by Gasteiger charge is 2.31. The maximum Gasteiger partial charge on any atom is 0.225 e. The molecule has 5 heteroatoms. The number of likely N-dealkylation sites (tertiary alicyclic amines) is 1. The van der Waals surface area contributed by atoms with Crippen LogP contribution < -0.4 is 5.32 Å². The fourth-order valence-electron chi connectivity index (χ4n) is 3.90. The molecule has 30 heavy (non-hydrogen) atoms. The first kappa shape index (κ1) is 20.8. The summed E-state index contributed by atoms with van der Waals surface area (Å²) >= 11 is 1.73. The van der Waals surface area contributed by atoms with Crippen LogP contribution in [0.1, 0.15) is 25.0 Å². The lowest BCUT2D eigenvalue weighted by Gasteiger charge is -2.38. The average Bonchev–Trinajstić information content (AvgIpc) is 3.20. The van der Waals surface area contributed by atoms with Crippen LogP contribution in [0.2, 0.25) is 0 Å². The van der Waals surface area contributed by atoms with Crippen molar-refractivity contribution in [2.24, 2.45) is 11.8 Å². The van der Waals surface area contributed by atoms with Gasteiger partial charge in [-0.3, -0.25) is 9.69 Å². The molecular formula is C25H29N3OS. The summed E-state index contributed by atoms with van der Waals surface area (Å²) in [5.74, 6) is 0.963. The predicted molar refractivity (Wildman–Crippen MR) is 124 cm³/mol. The van der Waals surface area contributed by atoms with Gasteiger partial charge < -0.3 is 5.32 Å². The quantitative estimate of drug-likeness (QED) is 0.595. The predicted octanol–water partition coefficient (Wildman–Crippen LogP) is 4.85. The summed E-state index contributed by atoms with van der Waals surface area (Å²) in [6.45, 7) is 7.07. The van der Waals surface area contributed by atoms with Gasteiger partial charge in [-0.1, -0.05) is 62.4 Å². The molecule has 1 saturated heterocycles. The van der Waals surface area contributed by atoms with E-state index in [0.29, 0.717) is 5.92 Å². The monoisotopic (exact) mass is 419 g/mol. The van der Waals surface area contributed by atoms with Crippen LogP contribution in [-0.4, -0.2) is 35.9 Å². The minimum absolute atomic E-state index is 0.141. The molecule has 0 saturated carbocycles. The molecule has 0 aliphatic carbocycles. The summed E-state index contributed by atoms with van der Waals surface area (Å²) in [5.41, 5.74) is 5.04. The van der Waals surface area contributed by atoms with Gasteiger partial charge in [-0.25, -0.2) is 4.98 Å². The molecule has 156 valence electrons. The van der Waals surface area contributed by atoms with Crippen molar-refractivity contribution in [3.05, 3.63) is 65.9 Å². The number of thiazole rings is 1. The highest BCUT2D eigenvalue weighted by molar-refractivity contribution is 7.18. The third kappa shape index (κ3) is 4.79. The first-order valence-corrected chi connectivity index (χ1v) is 11.4. The minimum atomic E-state index is 0.141. The van der Waals surface area contributed by atoms with Crippen molar-refractivity contribution >= 4 is 17.2 Å². The van der Waals surface area contributed by atoms with Crippen LogP contribution >= 0.6 is 11.3 Å². The van der Waals surface area contributed by atoms with E-state index in [9.17, 15) is 4.79 Å². The second-order valence-electron chi connectivity index (χ2n) is 8.53. The largest absolute Gasteiger partial charge is 0.359 e. The van der Waals surface area contributed by atoms with E-state index >= 15 is 0 Å². The number of carbonyl (C=O) groups is 1. The second kappa shape index (κ2) is 9.11. The molecule has 4 nitrogen and oxygen atoms in total. The SMILES string of the molecule is CNC(=O)C1CN(Cc2ccc(-c3ncc(-c4ccc(CC(C)C)cc4)s3)cc2)C1. The lowest BCUT2D eigenvalue weighted by molar-refractivity contribution is -0.129. The molecular weight excluding hydrogens is 390 g/mol. The lowest BCUT2D eigenvalue weighted by atomic mass is 9.98. The summed E-state index contributed by atoms with van der Waals surface area (Å²) in [6, 6.07) is 17.5. The molecule has 0 bridgehead atoms. The molecule has 1 aromatic heterocycles. The van der Waals surface area contributed by atoms with Crippen molar-refractivity contribution in [2.75, 3.05) is 20.1 Å². The first-order chi connectivity index (χ1) is 14.5. The smallest absolute Gasteiger partial charge is 0.225 e. The summed E-state index contributed by atoms with van der Waals surface area (Å²) in [7, 11) is 1.70. The van der Waals surface area contributed by atoms with E-state index in [-0.39, 0.29) is 11.8 Å². The van der Waals surface area contributed by atoms with Gasteiger partial charge in [0.25, 0.3) is 0 Å². The molecule has 2 heterocycles. The number of rotatable bonds is 7. The van der Waals surface area contributed by atoms with Gasteiger partial charge in [0, 0.05) is 38.4 Å². The van der Waals surface area contributed by atoms with Gasteiger partial charge in [0.15, 0.2) is 0 Å². The number of aromatic nitrogens is 1. The Morgan fingerprint density at radius 1 is 1.07 bits per heavy atom.